The summed E-state index contributed by atoms with van der Waals surface area (Å²) in [7, 11) is -2.75. The maximum atomic E-state index is 13.8. The topological polar surface area (TPSA) is 26.3 Å². The van der Waals surface area contributed by atoms with Crippen LogP contribution in [0.3, 0.4) is 0 Å². The molecule has 0 saturated heterocycles. The predicted molar refractivity (Wildman–Crippen MR) is 139 cm³/mol. The summed E-state index contributed by atoms with van der Waals surface area (Å²) >= 11 is 0. The van der Waals surface area contributed by atoms with Crippen molar-refractivity contribution in [2.24, 2.45) is 5.92 Å². The van der Waals surface area contributed by atoms with E-state index in [-0.39, 0.29) is 0 Å². The minimum atomic E-state index is -2.75. The highest BCUT2D eigenvalue weighted by Gasteiger charge is 2.26. The lowest BCUT2D eigenvalue weighted by molar-refractivity contribution is 0.238. The van der Waals surface area contributed by atoms with Crippen molar-refractivity contribution in [2.45, 2.75) is 124 Å². The normalized spacial score (nSPS) is 14.4. The van der Waals surface area contributed by atoms with Gasteiger partial charge in [-0.3, -0.25) is 4.57 Å². The number of rotatable bonds is 21. The van der Waals surface area contributed by atoms with Crippen molar-refractivity contribution in [3.63, 3.8) is 0 Å². The summed E-state index contributed by atoms with van der Waals surface area (Å²) in [5.74, 6) is 0.527. The molecule has 0 radical (unpaired) electrons. The molecule has 0 N–H and O–H groups in total. The smallest absolute Gasteiger partial charge is 0.232 e. The molecule has 0 saturated carbocycles. The first kappa shape index (κ1) is 28.4. The standard InChI is InChI=1S/C28H51O2P/c1-4-7-9-10-11-12-13-14-15-16-17-21-25-31(29,28-23-19-18-20-24-28)30-26-27(6-3)22-8-5-2/h18-20,23-24,27H,4-17,21-22,25-26H2,1-3H3. The van der Waals surface area contributed by atoms with Crippen molar-refractivity contribution in [3.8, 4) is 0 Å². The molecule has 180 valence electrons. The first-order chi connectivity index (χ1) is 15.2. The van der Waals surface area contributed by atoms with Gasteiger partial charge in [-0.25, -0.2) is 0 Å². The molecule has 2 nitrogen and oxygen atoms in total. The van der Waals surface area contributed by atoms with Crippen LogP contribution in [0.25, 0.3) is 0 Å². The average Bonchev–Trinajstić information content (AvgIpc) is 2.80. The van der Waals surface area contributed by atoms with Gasteiger partial charge < -0.3 is 4.52 Å². The second-order valence-corrected chi connectivity index (χ2v) is 11.9. The van der Waals surface area contributed by atoms with Gasteiger partial charge in [-0.05, 0) is 30.9 Å². The van der Waals surface area contributed by atoms with Crippen LogP contribution in [0, 0.1) is 5.92 Å². The van der Waals surface area contributed by atoms with Gasteiger partial charge in [-0.2, -0.15) is 0 Å². The Morgan fingerprint density at radius 1 is 0.710 bits per heavy atom. The average molecular weight is 451 g/mol. The molecule has 0 aromatic heterocycles. The maximum Gasteiger partial charge on any atom is 0.232 e. The van der Waals surface area contributed by atoms with Crippen molar-refractivity contribution >= 4 is 12.7 Å². The third kappa shape index (κ3) is 13.5. The molecule has 3 heteroatoms. The molecule has 0 fully saturated rings. The molecule has 1 rings (SSSR count). The fraction of sp³-hybridized carbons (Fsp3) is 0.786. The largest absolute Gasteiger partial charge is 0.325 e. The van der Waals surface area contributed by atoms with Gasteiger partial charge in [-0.15, -0.1) is 0 Å². The molecule has 0 aliphatic carbocycles. The highest BCUT2D eigenvalue weighted by atomic mass is 31.2. The van der Waals surface area contributed by atoms with Crippen LogP contribution in [0.5, 0.6) is 0 Å². The molecule has 0 heterocycles. The lowest BCUT2D eigenvalue weighted by Crippen LogP contribution is -2.15. The quantitative estimate of drug-likeness (QED) is 0.138. The van der Waals surface area contributed by atoms with Crippen molar-refractivity contribution < 1.29 is 9.09 Å². The predicted octanol–water partition coefficient (Wildman–Crippen LogP) is 9.52. The Labute approximate surface area is 194 Å². The molecule has 0 bridgehead atoms. The van der Waals surface area contributed by atoms with Crippen molar-refractivity contribution in [3.05, 3.63) is 30.3 Å². The summed E-state index contributed by atoms with van der Waals surface area (Å²) in [6.07, 6.45) is 21.3. The summed E-state index contributed by atoms with van der Waals surface area (Å²) in [5, 5.41) is 0.906. The summed E-state index contributed by atoms with van der Waals surface area (Å²) in [6, 6.07) is 9.96. The zero-order valence-corrected chi connectivity index (χ0v) is 21.9. The Hall–Kier alpha value is -0.590. The Kier molecular flexibility index (Phi) is 17.4. The van der Waals surface area contributed by atoms with Gasteiger partial charge in [0.05, 0.1) is 6.61 Å². The van der Waals surface area contributed by atoms with Crippen LogP contribution in [0.2, 0.25) is 0 Å². The highest BCUT2D eigenvalue weighted by molar-refractivity contribution is 7.67. The molecule has 1 aromatic rings. The Morgan fingerprint density at radius 3 is 1.74 bits per heavy atom. The lowest BCUT2D eigenvalue weighted by atomic mass is 10.0. The van der Waals surface area contributed by atoms with Crippen molar-refractivity contribution in [1.82, 2.24) is 0 Å². The zero-order valence-electron chi connectivity index (χ0n) is 21.0. The molecule has 2 atom stereocenters. The van der Waals surface area contributed by atoms with E-state index in [0.29, 0.717) is 18.7 Å². The maximum absolute atomic E-state index is 13.8. The van der Waals surface area contributed by atoms with E-state index in [2.05, 4.69) is 20.8 Å². The molecular weight excluding hydrogens is 399 g/mol. The van der Waals surface area contributed by atoms with E-state index in [9.17, 15) is 4.57 Å². The summed E-state index contributed by atoms with van der Waals surface area (Å²) in [4.78, 5) is 0. The molecule has 0 aliphatic heterocycles. The van der Waals surface area contributed by atoms with Crippen LogP contribution >= 0.6 is 7.37 Å². The van der Waals surface area contributed by atoms with Crippen LogP contribution in [0.4, 0.5) is 0 Å². The third-order valence-corrected chi connectivity index (χ3v) is 9.07. The van der Waals surface area contributed by atoms with Crippen LogP contribution in [0.15, 0.2) is 30.3 Å². The van der Waals surface area contributed by atoms with Gasteiger partial charge >= 0.3 is 0 Å². The second-order valence-electron chi connectivity index (χ2n) is 9.33. The van der Waals surface area contributed by atoms with Gasteiger partial charge in [0.25, 0.3) is 0 Å². The van der Waals surface area contributed by atoms with E-state index in [1.165, 1.54) is 89.9 Å². The van der Waals surface area contributed by atoms with Gasteiger partial charge in [-0.1, -0.05) is 129 Å². The molecule has 0 amide bonds. The number of hydrogen-bond donors (Lipinski definition) is 0. The Balaban J connectivity index is 2.32. The van der Waals surface area contributed by atoms with Gasteiger partial charge in [0.15, 0.2) is 0 Å². The zero-order chi connectivity index (χ0) is 22.6. The highest BCUT2D eigenvalue weighted by Crippen LogP contribution is 2.47. The minimum Gasteiger partial charge on any atom is -0.325 e. The van der Waals surface area contributed by atoms with Crippen LogP contribution in [-0.4, -0.2) is 12.8 Å². The van der Waals surface area contributed by atoms with E-state index < -0.39 is 7.37 Å². The SMILES string of the molecule is CCCCCCCCCCCCCCP(=O)(OCC(CC)CCCC)c1ccccc1. The number of unbranched alkanes of at least 4 members (excludes halogenated alkanes) is 12. The second kappa shape index (κ2) is 18.9. The molecule has 0 aliphatic rings. The lowest BCUT2D eigenvalue weighted by Gasteiger charge is -2.22. The van der Waals surface area contributed by atoms with E-state index in [4.69, 9.17) is 4.52 Å². The fourth-order valence-corrected chi connectivity index (χ4v) is 6.46. The van der Waals surface area contributed by atoms with E-state index >= 15 is 0 Å². The van der Waals surface area contributed by atoms with Gasteiger partial charge in [0, 0.05) is 11.5 Å². The number of benzene rings is 1. The minimum absolute atomic E-state index is 0.527. The molecule has 0 spiro atoms. The number of hydrogen-bond acceptors (Lipinski definition) is 2. The molecule has 1 aromatic carbocycles. The van der Waals surface area contributed by atoms with E-state index in [1.807, 2.05) is 30.3 Å². The van der Waals surface area contributed by atoms with Crippen LogP contribution in [0.1, 0.15) is 124 Å². The Morgan fingerprint density at radius 2 is 1.23 bits per heavy atom. The van der Waals surface area contributed by atoms with Gasteiger partial charge in [0.1, 0.15) is 0 Å². The molecular formula is C28H51O2P. The first-order valence-corrected chi connectivity index (χ1v) is 15.3. The summed E-state index contributed by atoms with van der Waals surface area (Å²) in [5.41, 5.74) is 0. The molecule has 2 unspecified atom stereocenters. The molecule has 31 heavy (non-hydrogen) atoms. The first-order valence-electron chi connectivity index (χ1n) is 13.5. The van der Waals surface area contributed by atoms with E-state index in [0.717, 1.165) is 18.1 Å². The summed E-state index contributed by atoms with van der Waals surface area (Å²) < 4.78 is 20.0. The van der Waals surface area contributed by atoms with E-state index in [1.54, 1.807) is 0 Å². The monoisotopic (exact) mass is 450 g/mol. The van der Waals surface area contributed by atoms with Crippen molar-refractivity contribution in [1.29, 1.82) is 0 Å². The van der Waals surface area contributed by atoms with Crippen LogP contribution in [-0.2, 0) is 9.09 Å². The Bertz CT molecular complexity index is 557. The third-order valence-electron chi connectivity index (χ3n) is 6.52. The van der Waals surface area contributed by atoms with Gasteiger partial charge in [0.2, 0.25) is 7.37 Å². The van der Waals surface area contributed by atoms with Crippen LogP contribution < -0.4 is 5.30 Å². The summed E-state index contributed by atoms with van der Waals surface area (Å²) in [6.45, 7) is 7.37. The van der Waals surface area contributed by atoms with Crippen molar-refractivity contribution in [2.75, 3.05) is 12.8 Å². The fourth-order valence-electron chi connectivity index (χ4n) is 4.21.